The van der Waals surface area contributed by atoms with Crippen LogP contribution >= 0.6 is 0 Å². The number of ether oxygens (including phenoxy) is 1. The predicted octanol–water partition coefficient (Wildman–Crippen LogP) is 5.29. The van der Waals surface area contributed by atoms with Crippen molar-refractivity contribution in [2.45, 2.75) is 108 Å². The minimum atomic E-state index is -2.97. The third kappa shape index (κ3) is 6.60. The Hall–Kier alpha value is -2.61. The molecule has 1 unspecified atom stereocenters. The highest BCUT2D eigenvalue weighted by Crippen LogP contribution is 2.52. The largest absolute Gasteiger partial charge is 0.414 e. The molecule has 0 saturated carbocycles. The molecule has 3 aliphatic heterocycles. The minimum Gasteiger partial charge on any atom is -0.414 e. The second kappa shape index (κ2) is 14.4. The number of fused-ring (bicyclic) bond motifs is 1. The van der Waals surface area contributed by atoms with Gasteiger partial charge in [-0.2, -0.15) is 5.06 Å². The van der Waals surface area contributed by atoms with Gasteiger partial charge in [0.05, 0.1) is 13.2 Å². The van der Waals surface area contributed by atoms with Crippen molar-refractivity contribution >= 4 is 40.0 Å². The van der Waals surface area contributed by atoms with Crippen LogP contribution in [0.1, 0.15) is 78.4 Å². The molecule has 15 heteroatoms. The maximum atomic E-state index is 13.1. The quantitative estimate of drug-likeness (QED) is 0.199. The Bertz CT molecular complexity index is 1620. The molecule has 274 valence electrons. The molecule has 50 heavy (non-hydrogen) atoms. The highest BCUT2D eigenvalue weighted by molar-refractivity contribution is 6.84. The molecule has 3 aromatic rings. The molecule has 3 saturated heterocycles. The topological polar surface area (TPSA) is 127 Å². The lowest BCUT2D eigenvalue weighted by atomic mass is 9.94. The number of H-pyrrole nitrogens is 1. The number of amides is 1. The molecule has 2 N–H and O–H groups in total. The third-order valence-electron chi connectivity index (χ3n) is 10.5. The van der Waals surface area contributed by atoms with E-state index in [1.807, 2.05) is 27.8 Å². The normalized spacial score (nSPS) is 26.6. The number of rotatable bonds is 11. The van der Waals surface area contributed by atoms with E-state index in [4.69, 9.17) is 32.5 Å². The number of carbonyl (C=O) groups excluding carboxylic acids is 1. The highest BCUT2D eigenvalue weighted by Gasteiger charge is 2.69. The summed E-state index contributed by atoms with van der Waals surface area (Å²) in [5, 5.41) is 5.00. The fourth-order valence-corrected chi connectivity index (χ4v) is 19.2. The van der Waals surface area contributed by atoms with Gasteiger partial charge in [-0.05, 0) is 61.4 Å². The molecule has 2 aromatic heterocycles. The summed E-state index contributed by atoms with van der Waals surface area (Å²) in [6.07, 6.45) is 2.57. The van der Waals surface area contributed by atoms with Crippen LogP contribution in [0.25, 0.3) is 11.2 Å². The van der Waals surface area contributed by atoms with Gasteiger partial charge in [-0.1, -0.05) is 83.6 Å². The number of carbonyl (C=O) groups is 1. The van der Waals surface area contributed by atoms with E-state index < -0.39 is 41.2 Å². The molecule has 0 aliphatic carbocycles. The predicted molar refractivity (Wildman–Crippen MR) is 195 cm³/mol. The molecule has 5 heterocycles. The van der Waals surface area contributed by atoms with Gasteiger partial charge < -0.3 is 27.6 Å². The number of imidazole rings is 1. The van der Waals surface area contributed by atoms with Crippen LogP contribution in [0.3, 0.4) is 0 Å². The average molecular weight is 727 g/mol. The second-order valence-corrected chi connectivity index (χ2v) is 24.4. The summed E-state index contributed by atoms with van der Waals surface area (Å²) in [6.45, 7) is 20.3. The van der Waals surface area contributed by atoms with Crippen molar-refractivity contribution < 1.29 is 31.9 Å². The number of aromatic nitrogens is 4. The summed E-state index contributed by atoms with van der Waals surface area (Å²) in [5.41, 5.74) is 1.57. The van der Waals surface area contributed by atoms with Gasteiger partial charge in [-0.15, -0.1) is 0 Å². The lowest BCUT2D eigenvalue weighted by Gasteiger charge is -2.55. The standard InChI is InChI=1S/C35H55N7O6Si2/c1-23(2)49(24(3)4)44-20-35-19-41(18-14-17-40(9)10)46-29(30(35)47-50(48-49,25(5)6)26(7)8)34(45-35)42-22-38-31(28-32(42)37-21-36-28)39-33(43)27-15-12-11-13-16-27/h11-13,15-16,21-26,29-30,34H,14,17-20H2,1-10H3,(H,36,37,39,43)/p+1/t29-,30?,34+,35+/m0/s1. The Morgan fingerprint density at radius 2 is 1.72 bits per heavy atom. The first-order valence-corrected chi connectivity index (χ1v) is 22.0. The van der Waals surface area contributed by atoms with Crippen LogP contribution in [0.15, 0.2) is 43.0 Å². The molecular formula is C35H56N7O6Si2+. The number of hydroxylamine groups is 2. The summed E-state index contributed by atoms with van der Waals surface area (Å²) in [7, 11) is -1.64. The maximum absolute atomic E-state index is 13.1. The monoisotopic (exact) mass is 726 g/mol. The van der Waals surface area contributed by atoms with E-state index in [-0.39, 0.29) is 28.1 Å². The molecule has 2 bridgehead atoms. The van der Waals surface area contributed by atoms with Crippen LogP contribution in [0.2, 0.25) is 22.2 Å². The Morgan fingerprint density at radius 1 is 1.04 bits per heavy atom. The Balaban J connectivity index is 1.43. The molecular weight excluding hydrogens is 671 g/mol. The van der Waals surface area contributed by atoms with Crippen molar-refractivity contribution in [1.29, 1.82) is 0 Å². The summed E-state index contributed by atoms with van der Waals surface area (Å²) in [4.78, 5) is 34.8. The molecule has 3 aliphatic rings. The van der Waals surface area contributed by atoms with Crippen LogP contribution in [0.5, 0.6) is 0 Å². The smallest absolute Gasteiger partial charge is 0.335 e. The van der Waals surface area contributed by atoms with Crippen molar-refractivity contribution in [2.75, 3.05) is 45.7 Å². The van der Waals surface area contributed by atoms with Gasteiger partial charge in [0.2, 0.25) is 18.4 Å². The van der Waals surface area contributed by atoms with Crippen LogP contribution in [-0.2, 0) is 22.5 Å². The first kappa shape index (κ1) is 37.2. The second-order valence-electron chi connectivity index (χ2n) is 15.6. The van der Waals surface area contributed by atoms with Crippen LogP contribution in [-0.4, -0.2) is 106 Å². The molecule has 13 nitrogen and oxygen atoms in total. The summed E-state index contributed by atoms with van der Waals surface area (Å²) < 4.78 is 31.5. The van der Waals surface area contributed by atoms with Gasteiger partial charge in [0.15, 0.2) is 17.9 Å². The van der Waals surface area contributed by atoms with Gasteiger partial charge in [0, 0.05) is 12.1 Å². The molecule has 6 rings (SSSR count). The highest BCUT2D eigenvalue weighted by atomic mass is 28.5. The number of hydrogen-bond donors (Lipinski definition) is 2. The first-order valence-electron chi connectivity index (χ1n) is 18.1. The van der Waals surface area contributed by atoms with E-state index in [2.05, 4.69) is 84.7 Å². The average Bonchev–Trinajstić information content (AvgIpc) is 3.61. The fourth-order valence-electron chi connectivity index (χ4n) is 7.91. The summed E-state index contributed by atoms with van der Waals surface area (Å²) >= 11 is 0. The van der Waals surface area contributed by atoms with Gasteiger partial charge in [0.25, 0.3) is 11.6 Å². The number of anilines is 1. The Morgan fingerprint density at radius 3 is 2.36 bits per heavy atom. The first-order chi connectivity index (χ1) is 23.7. The zero-order valence-electron chi connectivity index (χ0n) is 31.3. The van der Waals surface area contributed by atoms with Gasteiger partial charge in [0.1, 0.15) is 11.7 Å². The lowest BCUT2D eigenvalue weighted by molar-refractivity contribution is -0.749. The summed E-state index contributed by atoms with van der Waals surface area (Å²) in [6, 6.07) is 9.07. The number of aromatic amines is 1. The van der Waals surface area contributed by atoms with Crippen molar-refractivity contribution in [1.82, 2.24) is 24.9 Å². The zero-order valence-corrected chi connectivity index (χ0v) is 33.3. The maximum Gasteiger partial charge on any atom is 0.335 e. The van der Waals surface area contributed by atoms with E-state index in [1.165, 1.54) is 0 Å². The van der Waals surface area contributed by atoms with Crippen LogP contribution in [0.4, 0.5) is 5.82 Å². The fraction of sp³-hybridized carbons (Fsp3) is 0.657. The number of benzene rings is 1. The van der Waals surface area contributed by atoms with Gasteiger partial charge in [-0.25, -0.2) is 4.57 Å². The van der Waals surface area contributed by atoms with Crippen molar-refractivity contribution in [3.8, 4) is 0 Å². The minimum absolute atomic E-state index is 0.154. The van der Waals surface area contributed by atoms with Crippen molar-refractivity contribution in [2.24, 2.45) is 0 Å². The van der Waals surface area contributed by atoms with E-state index in [9.17, 15) is 4.79 Å². The van der Waals surface area contributed by atoms with Crippen LogP contribution in [0, 0.1) is 0 Å². The zero-order chi connectivity index (χ0) is 36.0. The molecule has 0 spiro atoms. The van der Waals surface area contributed by atoms with Crippen LogP contribution < -0.4 is 9.88 Å². The molecule has 0 radical (unpaired) electrons. The Labute approximate surface area is 298 Å². The van der Waals surface area contributed by atoms with Gasteiger partial charge >= 0.3 is 17.1 Å². The SMILES string of the molecule is CC(C)[Si]1(C(C)C)OC[C@]23CN(CCCN(C)C)O[C@@H](C2O[Si](C(C)C)(C(C)C)O1)[C@H]([n+]1cnc(NC(=O)c2ccccc2)c2[nH]cnc21)O3. The van der Waals surface area contributed by atoms with E-state index in [1.54, 1.807) is 24.8 Å². The Kier molecular flexibility index (Phi) is 10.7. The summed E-state index contributed by atoms with van der Waals surface area (Å²) in [5.74, 6) is 0.119. The van der Waals surface area contributed by atoms with E-state index in [0.717, 1.165) is 19.5 Å². The number of nitrogens with zero attached hydrogens (tertiary/aromatic N) is 5. The van der Waals surface area contributed by atoms with E-state index in [0.29, 0.717) is 35.7 Å². The van der Waals surface area contributed by atoms with Crippen molar-refractivity contribution in [3.05, 3.63) is 48.5 Å². The third-order valence-corrected chi connectivity index (χ3v) is 20.7. The number of nitrogens with one attached hydrogen (secondary N) is 2. The molecule has 1 amide bonds. The lowest BCUT2D eigenvalue weighted by Crippen LogP contribution is -2.71. The van der Waals surface area contributed by atoms with E-state index >= 15 is 0 Å². The molecule has 1 aromatic carbocycles. The van der Waals surface area contributed by atoms with Gasteiger partial charge in [-0.3, -0.25) is 14.9 Å². The molecule has 3 fully saturated rings. The van der Waals surface area contributed by atoms with Crippen molar-refractivity contribution in [3.63, 3.8) is 0 Å². The molecule has 4 atom stereocenters. The number of hydrogen-bond acceptors (Lipinski definition) is 10.